The maximum absolute atomic E-state index is 12.9. The molecule has 1 saturated heterocycles. The molecule has 0 unspecified atom stereocenters. The molecule has 0 spiro atoms. The van der Waals surface area contributed by atoms with E-state index in [-0.39, 0.29) is 30.0 Å². The molecule has 0 aliphatic carbocycles. The van der Waals surface area contributed by atoms with E-state index in [1.54, 1.807) is 24.1 Å². The van der Waals surface area contributed by atoms with Crippen molar-refractivity contribution < 1.29 is 18.7 Å². The van der Waals surface area contributed by atoms with Gasteiger partial charge in [0.15, 0.2) is 0 Å². The van der Waals surface area contributed by atoms with Crippen LogP contribution in [0.3, 0.4) is 0 Å². The van der Waals surface area contributed by atoms with E-state index < -0.39 is 0 Å². The summed E-state index contributed by atoms with van der Waals surface area (Å²) in [6.07, 6.45) is 0.214. The highest BCUT2D eigenvalue weighted by molar-refractivity contribution is 5.89. The van der Waals surface area contributed by atoms with Gasteiger partial charge in [-0.3, -0.25) is 9.59 Å². The average Bonchev–Trinajstić information content (AvgIpc) is 3.02. The van der Waals surface area contributed by atoms with Crippen molar-refractivity contribution in [2.45, 2.75) is 19.5 Å². The van der Waals surface area contributed by atoms with Crippen molar-refractivity contribution in [2.75, 3.05) is 13.7 Å². The van der Waals surface area contributed by atoms with Gasteiger partial charge in [0.05, 0.1) is 13.0 Å². The van der Waals surface area contributed by atoms with Crippen molar-refractivity contribution in [2.24, 2.45) is 5.92 Å². The molecule has 1 fully saturated rings. The Morgan fingerprint density at radius 1 is 1.15 bits per heavy atom. The molecule has 5 nitrogen and oxygen atoms in total. The smallest absolute Gasteiger partial charge is 0.225 e. The molecule has 2 amide bonds. The van der Waals surface area contributed by atoms with Crippen molar-refractivity contribution in [3.63, 3.8) is 0 Å². The number of nitrogens with one attached hydrogen (secondary N) is 1. The highest BCUT2D eigenvalue weighted by Crippen LogP contribution is 2.21. The van der Waals surface area contributed by atoms with Crippen LogP contribution in [0.15, 0.2) is 48.5 Å². The van der Waals surface area contributed by atoms with Crippen LogP contribution in [-0.4, -0.2) is 30.4 Å². The number of halogens is 1. The largest absolute Gasteiger partial charge is 0.497 e. The zero-order valence-corrected chi connectivity index (χ0v) is 14.6. The van der Waals surface area contributed by atoms with Crippen molar-refractivity contribution in [1.29, 1.82) is 0 Å². The van der Waals surface area contributed by atoms with Crippen LogP contribution in [0.2, 0.25) is 0 Å². The van der Waals surface area contributed by atoms with Crippen molar-refractivity contribution in [3.8, 4) is 5.75 Å². The number of benzene rings is 2. The number of carbonyl (C=O) groups excluding carboxylic acids is 2. The molecular weight excluding hydrogens is 335 g/mol. The van der Waals surface area contributed by atoms with Gasteiger partial charge in [0.25, 0.3) is 0 Å². The van der Waals surface area contributed by atoms with Crippen LogP contribution in [0.25, 0.3) is 0 Å². The molecule has 0 aromatic heterocycles. The summed E-state index contributed by atoms with van der Waals surface area (Å²) in [5, 5.41) is 2.82. The Morgan fingerprint density at radius 2 is 1.81 bits per heavy atom. The normalized spacial score (nSPS) is 16.6. The van der Waals surface area contributed by atoms with E-state index in [0.717, 1.165) is 16.9 Å². The molecule has 0 bridgehead atoms. The average molecular weight is 356 g/mol. The van der Waals surface area contributed by atoms with Gasteiger partial charge in [-0.05, 0) is 35.4 Å². The van der Waals surface area contributed by atoms with Crippen LogP contribution in [-0.2, 0) is 22.7 Å². The lowest BCUT2D eigenvalue weighted by Gasteiger charge is -2.17. The van der Waals surface area contributed by atoms with Crippen LogP contribution < -0.4 is 10.1 Å². The Labute approximate surface area is 151 Å². The van der Waals surface area contributed by atoms with E-state index in [2.05, 4.69) is 5.32 Å². The van der Waals surface area contributed by atoms with Gasteiger partial charge >= 0.3 is 0 Å². The molecule has 1 atom stereocenters. The maximum Gasteiger partial charge on any atom is 0.225 e. The molecule has 1 heterocycles. The van der Waals surface area contributed by atoms with Crippen LogP contribution >= 0.6 is 0 Å². The van der Waals surface area contributed by atoms with E-state index in [0.29, 0.717) is 19.6 Å². The summed E-state index contributed by atoms with van der Waals surface area (Å²) in [7, 11) is 1.61. The number of hydrogen-bond donors (Lipinski definition) is 1. The molecule has 0 saturated carbocycles. The van der Waals surface area contributed by atoms with Gasteiger partial charge in [-0.25, -0.2) is 4.39 Å². The third-order valence-electron chi connectivity index (χ3n) is 4.50. The van der Waals surface area contributed by atoms with Crippen molar-refractivity contribution in [3.05, 3.63) is 65.5 Å². The van der Waals surface area contributed by atoms with Gasteiger partial charge in [0.2, 0.25) is 11.8 Å². The first-order valence-electron chi connectivity index (χ1n) is 8.48. The van der Waals surface area contributed by atoms with Crippen molar-refractivity contribution in [1.82, 2.24) is 10.2 Å². The summed E-state index contributed by atoms with van der Waals surface area (Å²) in [6, 6.07) is 13.5. The van der Waals surface area contributed by atoms with Crippen LogP contribution in [0.4, 0.5) is 4.39 Å². The molecule has 26 heavy (non-hydrogen) atoms. The number of amides is 2. The highest BCUT2D eigenvalue weighted by Gasteiger charge is 2.34. The molecular formula is C20H21FN2O3. The third-order valence-corrected chi connectivity index (χ3v) is 4.50. The summed E-state index contributed by atoms with van der Waals surface area (Å²) in [4.78, 5) is 26.2. The zero-order valence-electron chi connectivity index (χ0n) is 14.6. The topological polar surface area (TPSA) is 58.6 Å². The number of hydrogen-bond acceptors (Lipinski definition) is 3. The number of methoxy groups -OCH3 is 1. The monoisotopic (exact) mass is 356 g/mol. The van der Waals surface area contributed by atoms with Crippen molar-refractivity contribution >= 4 is 11.8 Å². The molecule has 0 radical (unpaired) electrons. The molecule has 6 heteroatoms. The molecule has 2 aromatic carbocycles. The maximum atomic E-state index is 12.9. The Kier molecular flexibility index (Phi) is 5.51. The number of rotatable bonds is 6. The van der Waals surface area contributed by atoms with Crippen LogP contribution in [0.5, 0.6) is 5.75 Å². The van der Waals surface area contributed by atoms with Gasteiger partial charge in [0, 0.05) is 26.1 Å². The van der Waals surface area contributed by atoms with Gasteiger partial charge in [-0.15, -0.1) is 0 Å². The quantitative estimate of drug-likeness (QED) is 0.865. The van der Waals surface area contributed by atoms with Crippen LogP contribution in [0, 0.1) is 11.7 Å². The standard InChI is InChI=1S/C20H21FN2O3/c1-26-18-8-4-15(5-9-18)12-23-13-16(10-19(23)24)20(25)22-11-14-2-6-17(21)7-3-14/h2-9,16H,10-13H2,1H3,(H,22,25)/t16-/m0/s1. The fourth-order valence-electron chi connectivity index (χ4n) is 2.99. The van der Waals surface area contributed by atoms with E-state index in [1.807, 2.05) is 24.3 Å². The number of ether oxygens (including phenoxy) is 1. The summed E-state index contributed by atoms with van der Waals surface area (Å²) >= 11 is 0. The second-order valence-corrected chi connectivity index (χ2v) is 6.37. The van der Waals surface area contributed by atoms with E-state index in [1.165, 1.54) is 12.1 Å². The Bertz CT molecular complexity index is 775. The molecule has 136 valence electrons. The van der Waals surface area contributed by atoms with Crippen LogP contribution in [0.1, 0.15) is 17.5 Å². The summed E-state index contributed by atoms with van der Waals surface area (Å²) in [5.74, 6) is -0.0842. The minimum absolute atomic E-state index is 0.0252. The molecule has 3 rings (SSSR count). The number of carbonyl (C=O) groups is 2. The first-order valence-corrected chi connectivity index (χ1v) is 8.48. The third kappa shape index (κ3) is 4.39. The molecule has 1 aliphatic heterocycles. The highest BCUT2D eigenvalue weighted by atomic mass is 19.1. The predicted octanol–water partition coefficient (Wildman–Crippen LogP) is 2.50. The lowest BCUT2D eigenvalue weighted by atomic mass is 10.1. The SMILES string of the molecule is COc1ccc(CN2C[C@@H](C(=O)NCc3ccc(F)cc3)CC2=O)cc1. The van der Waals surface area contributed by atoms with Gasteiger partial charge in [-0.1, -0.05) is 24.3 Å². The summed E-state index contributed by atoms with van der Waals surface area (Å²) in [5.41, 5.74) is 1.81. The Morgan fingerprint density at radius 3 is 2.46 bits per heavy atom. The lowest BCUT2D eigenvalue weighted by molar-refractivity contribution is -0.129. The van der Waals surface area contributed by atoms with E-state index >= 15 is 0 Å². The molecule has 2 aromatic rings. The van der Waals surface area contributed by atoms with Gasteiger partial charge in [-0.2, -0.15) is 0 Å². The Balaban J connectivity index is 1.52. The van der Waals surface area contributed by atoms with Gasteiger partial charge < -0.3 is 15.0 Å². The fourth-order valence-corrected chi connectivity index (χ4v) is 2.99. The first-order chi connectivity index (χ1) is 12.5. The first kappa shape index (κ1) is 17.9. The minimum Gasteiger partial charge on any atom is -0.497 e. The number of likely N-dealkylation sites (tertiary alicyclic amines) is 1. The predicted molar refractivity (Wildman–Crippen MR) is 94.8 cm³/mol. The second-order valence-electron chi connectivity index (χ2n) is 6.37. The zero-order chi connectivity index (χ0) is 18.5. The fraction of sp³-hybridized carbons (Fsp3) is 0.300. The minimum atomic E-state index is -0.360. The summed E-state index contributed by atoms with van der Waals surface area (Å²) in [6.45, 7) is 1.20. The number of nitrogens with zero attached hydrogens (tertiary/aromatic N) is 1. The summed E-state index contributed by atoms with van der Waals surface area (Å²) < 4.78 is 18.0. The Hall–Kier alpha value is -2.89. The second kappa shape index (κ2) is 7.99. The van der Waals surface area contributed by atoms with Gasteiger partial charge in [0.1, 0.15) is 11.6 Å². The molecule has 1 aliphatic rings. The van der Waals surface area contributed by atoms with E-state index in [9.17, 15) is 14.0 Å². The molecule has 1 N–H and O–H groups in total. The lowest BCUT2D eigenvalue weighted by Crippen LogP contribution is -2.32. The van der Waals surface area contributed by atoms with E-state index in [4.69, 9.17) is 4.74 Å².